The summed E-state index contributed by atoms with van der Waals surface area (Å²) in [7, 11) is 0. The molecule has 11 aromatic carbocycles. The van der Waals surface area contributed by atoms with Crippen LogP contribution < -0.4 is 0 Å². The third kappa shape index (κ3) is 4.73. The molecule has 0 nitrogen and oxygen atoms in total. The molecule has 0 bridgehead atoms. The normalized spacial score (nSPS) is 13.3. The lowest BCUT2D eigenvalue weighted by molar-refractivity contribution is 0.661. The maximum absolute atomic E-state index is 2.47. The van der Waals surface area contributed by atoms with Crippen LogP contribution in [0.15, 0.2) is 194 Å². The fourth-order valence-corrected chi connectivity index (χ4v) is 12.0. The van der Waals surface area contributed by atoms with E-state index in [4.69, 9.17) is 0 Å². The van der Waals surface area contributed by atoms with Gasteiger partial charge >= 0.3 is 0 Å². The van der Waals surface area contributed by atoms with Gasteiger partial charge in [-0.25, -0.2) is 0 Å². The summed E-state index contributed by atoms with van der Waals surface area (Å²) in [6, 6.07) is 72.9. The zero-order valence-corrected chi connectivity index (χ0v) is 34.2. The van der Waals surface area contributed by atoms with E-state index in [-0.39, 0.29) is 5.41 Å². The van der Waals surface area contributed by atoms with Crippen LogP contribution in [-0.2, 0) is 5.41 Å². The number of rotatable bonds is 3. The van der Waals surface area contributed by atoms with Crippen LogP contribution >= 0.6 is 11.3 Å². The Morgan fingerprint density at radius 2 is 0.900 bits per heavy atom. The van der Waals surface area contributed by atoms with Crippen molar-refractivity contribution in [2.45, 2.75) is 19.3 Å². The Hall–Kier alpha value is -7.06. The Kier molecular flexibility index (Phi) is 7.04. The van der Waals surface area contributed by atoms with Crippen molar-refractivity contribution >= 4 is 85.4 Å². The molecular formula is C59H38S. The molecule has 1 aliphatic carbocycles. The first-order chi connectivity index (χ1) is 29.5. The molecule has 0 spiro atoms. The van der Waals surface area contributed by atoms with Crippen LogP contribution in [0.2, 0.25) is 0 Å². The molecule has 12 aromatic rings. The van der Waals surface area contributed by atoms with Gasteiger partial charge in [0, 0.05) is 31.0 Å². The molecule has 0 saturated heterocycles. The number of thiophene rings is 1. The smallest absolute Gasteiger partial charge is 0.0440 e. The zero-order valence-electron chi connectivity index (χ0n) is 33.4. The maximum Gasteiger partial charge on any atom is 0.0440 e. The van der Waals surface area contributed by atoms with Crippen molar-refractivity contribution in [3.05, 3.63) is 205 Å². The zero-order chi connectivity index (χ0) is 39.7. The second-order valence-corrected chi connectivity index (χ2v) is 18.2. The van der Waals surface area contributed by atoms with Crippen molar-refractivity contribution in [3.8, 4) is 44.5 Å². The third-order valence-corrected chi connectivity index (χ3v) is 14.8. The van der Waals surface area contributed by atoms with Crippen LogP contribution in [0.4, 0.5) is 0 Å². The van der Waals surface area contributed by atoms with Gasteiger partial charge in [0.25, 0.3) is 0 Å². The van der Waals surface area contributed by atoms with E-state index >= 15 is 0 Å². The lowest BCUT2D eigenvalue weighted by Gasteiger charge is -2.22. The van der Waals surface area contributed by atoms with E-state index in [1.807, 2.05) is 11.3 Å². The first kappa shape index (κ1) is 33.9. The SMILES string of the molecule is CC1(C)c2cc(-c3ccc4cc(-c5c6ccccc6c(-c6cccc7ccccc67)c6ccccc56)ccc4c3)ccc2-c2c1ccc1ccc3c4ccccc4sc3c21. The van der Waals surface area contributed by atoms with Crippen LogP contribution in [0.1, 0.15) is 25.0 Å². The van der Waals surface area contributed by atoms with Crippen LogP contribution in [0, 0.1) is 0 Å². The quantitative estimate of drug-likeness (QED) is 0.157. The van der Waals surface area contributed by atoms with Gasteiger partial charge in [-0.2, -0.15) is 0 Å². The summed E-state index contributed by atoms with van der Waals surface area (Å²) >= 11 is 1.93. The largest absolute Gasteiger partial charge is 0.135 e. The highest BCUT2D eigenvalue weighted by atomic mass is 32.1. The predicted octanol–water partition coefficient (Wildman–Crippen LogP) is 17.1. The molecule has 0 aliphatic heterocycles. The van der Waals surface area contributed by atoms with Crippen molar-refractivity contribution in [2.24, 2.45) is 0 Å². The number of benzene rings is 11. The minimum atomic E-state index is -0.117. The van der Waals surface area contributed by atoms with Crippen molar-refractivity contribution in [1.82, 2.24) is 0 Å². The van der Waals surface area contributed by atoms with Crippen LogP contribution in [0.3, 0.4) is 0 Å². The highest BCUT2D eigenvalue weighted by Gasteiger charge is 2.37. The van der Waals surface area contributed by atoms with Crippen molar-refractivity contribution < 1.29 is 0 Å². The molecule has 1 heterocycles. The van der Waals surface area contributed by atoms with E-state index in [2.05, 4.69) is 208 Å². The predicted molar refractivity (Wildman–Crippen MR) is 261 cm³/mol. The van der Waals surface area contributed by atoms with Gasteiger partial charge in [0.2, 0.25) is 0 Å². The fourth-order valence-electron chi connectivity index (χ4n) is 10.8. The summed E-state index contributed by atoms with van der Waals surface area (Å²) in [4.78, 5) is 0. The van der Waals surface area contributed by atoms with Crippen LogP contribution in [0.25, 0.3) is 119 Å². The molecular weight excluding hydrogens is 741 g/mol. The molecule has 0 fully saturated rings. The highest BCUT2D eigenvalue weighted by molar-refractivity contribution is 7.26. The average Bonchev–Trinajstić information content (AvgIpc) is 3.79. The van der Waals surface area contributed by atoms with Gasteiger partial charge in [-0.1, -0.05) is 184 Å². The summed E-state index contributed by atoms with van der Waals surface area (Å²) < 4.78 is 2.75. The molecule has 0 N–H and O–H groups in total. The minimum absolute atomic E-state index is 0.117. The molecule has 60 heavy (non-hydrogen) atoms. The Labute approximate surface area is 352 Å². The number of hydrogen-bond acceptors (Lipinski definition) is 1. The van der Waals surface area contributed by atoms with E-state index in [1.54, 1.807) is 0 Å². The van der Waals surface area contributed by atoms with Gasteiger partial charge in [-0.3, -0.25) is 0 Å². The summed E-state index contributed by atoms with van der Waals surface area (Å²) in [6.07, 6.45) is 0. The molecule has 1 heteroatoms. The Balaban J connectivity index is 0.938. The van der Waals surface area contributed by atoms with E-state index < -0.39 is 0 Å². The molecule has 0 radical (unpaired) electrons. The highest BCUT2D eigenvalue weighted by Crippen LogP contribution is 2.54. The van der Waals surface area contributed by atoms with E-state index in [0.717, 1.165) is 0 Å². The molecule has 0 atom stereocenters. The van der Waals surface area contributed by atoms with Gasteiger partial charge < -0.3 is 0 Å². The van der Waals surface area contributed by atoms with Crippen LogP contribution in [-0.4, -0.2) is 0 Å². The molecule has 0 unspecified atom stereocenters. The summed E-state index contributed by atoms with van der Waals surface area (Å²) in [6.45, 7) is 4.81. The Morgan fingerprint density at radius 1 is 0.333 bits per heavy atom. The van der Waals surface area contributed by atoms with Crippen LogP contribution in [0.5, 0.6) is 0 Å². The molecule has 1 aromatic heterocycles. The van der Waals surface area contributed by atoms with Gasteiger partial charge in [-0.05, 0) is 128 Å². The van der Waals surface area contributed by atoms with Gasteiger partial charge in [-0.15, -0.1) is 11.3 Å². The number of fused-ring (bicyclic) bond motifs is 13. The lowest BCUT2D eigenvalue weighted by Crippen LogP contribution is -2.15. The van der Waals surface area contributed by atoms with E-state index in [0.29, 0.717) is 0 Å². The average molecular weight is 779 g/mol. The Bertz CT molecular complexity index is 3740. The molecule has 0 saturated carbocycles. The van der Waals surface area contributed by atoms with Crippen molar-refractivity contribution in [3.63, 3.8) is 0 Å². The van der Waals surface area contributed by atoms with E-state index in [1.165, 1.54) is 130 Å². The van der Waals surface area contributed by atoms with Gasteiger partial charge in [0.1, 0.15) is 0 Å². The second-order valence-electron chi connectivity index (χ2n) is 17.2. The summed E-state index contributed by atoms with van der Waals surface area (Å²) in [5.74, 6) is 0. The monoisotopic (exact) mass is 778 g/mol. The third-order valence-electron chi connectivity index (χ3n) is 13.6. The Morgan fingerprint density at radius 3 is 1.67 bits per heavy atom. The lowest BCUT2D eigenvalue weighted by atomic mass is 9.81. The molecule has 280 valence electrons. The minimum Gasteiger partial charge on any atom is -0.135 e. The maximum atomic E-state index is 2.47. The second kappa shape index (κ2) is 12.5. The first-order valence-electron chi connectivity index (χ1n) is 21.0. The van der Waals surface area contributed by atoms with Crippen molar-refractivity contribution in [2.75, 3.05) is 0 Å². The fraction of sp³-hybridized carbons (Fsp3) is 0.0508. The first-order valence-corrected chi connectivity index (χ1v) is 21.8. The number of hydrogen-bond donors (Lipinski definition) is 0. The molecule has 13 rings (SSSR count). The van der Waals surface area contributed by atoms with Crippen molar-refractivity contribution in [1.29, 1.82) is 0 Å². The van der Waals surface area contributed by atoms with Gasteiger partial charge in [0.15, 0.2) is 0 Å². The summed E-state index contributed by atoms with van der Waals surface area (Å²) in [5.41, 5.74) is 13.1. The standard InChI is InChI=1S/C59H38S/c1-59(2)51-31-28-36-26-29-49-43-15-9-10-21-53(43)60-58(49)55(36)57(51)50-30-27-40(34-52(50)59)38-22-23-39-33-41(25-24-37(39)32-38)54-45-16-5-7-18-47(45)56(48-19-8-6-17-46(48)54)44-20-11-13-35-12-3-4-14-42(35)44/h3-34H,1-2H3. The molecule has 0 amide bonds. The summed E-state index contributed by atoms with van der Waals surface area (Å²) in [5, 5.41) is 15.6. The van der Waals surface area contributed by atoms with E-state index in [9.17, 15) is 0 Å². The van der Waals surface area contributed by atoms with Gasteiger partial charge in [0.05, 0.1) is 0 Å². The molecule has 1 aliphatic rings. The topological polar surface area (TPSA) is 0 Å².